The predicted octanol–water partition coefficient (Wildman–Crippen LogP) is 3.91. The second-order valence-corrected chi connectivity index (χ2v) is 6.88. The average Bonchev–Trinajstić information content (AvgIpc) is 3.07. The highest BCUT2D eigenvalue weighted by Gasteiger charge is 2.41. The molecule has 0 saturated heterocycles. The van der Waals surface area contributed by atoms with Crippen molar-refractivity contribution >= 4 is 29.0 Å². The van der Waals surface area contributed by atoms with Crippen LogP contribution in [0.15, 0.2) is 54.9 Å². The normalized spacial score (nSPS) is 18.7. The van der Waals surface area contributed by atoms with Crippen LogP contribution in [0.3, 0.4) is 0 Å². The first kappa shape index (κ1) is 17.3. The van der Waals surface area contributed by atoms with Gasteiger partial charge in [-0.3, -0.25) is 4.79 Å². The van der Waals surface area contributed by atoms with Crippen molar-refractivity contribution in [2.45, 2.75) is 12.0 Å². The van der Waals surface area contributed by atoms with Gasteiger partial charge >= 0.3 is 5.97 Å². The minimum absolute atomic E-state index is 0.0150. The molecule has 2 atom stereocenters. The highest BCUT2D eigenvalue weighted by Crippen LogP contribution is 2.43. The van der Waals surface area contributed by atoms with E-state index in [-0.39, 0.29) is 16.9 Å². The molecule has 0 fully saturated rings. The van der Waals surface area contributed by atoms with E-state index in [0.717, 1.165) is 5.56 Å². The van der Waals surface area contributed by atoms with E-state index < -0.39 is 17.9 Å². The van der Waals surface area contributed by atoms with Crippen molar-refractivity contribution in [1.82, 2.24) is 9.55 Å². The number of aromatic carboxylic acids is 1. The summed E-state index contributed by atoms with van der Waals surface area (Å²) in [5.74, 6) is -1.50. The Hall–Kier alpha value is -3.12. The second kappa shape index (κ2) is 6.55. The van der Waals surface area contributed by atoms with Gasteiger partial charge in [0.2, 0.25) is 0 Å². The molecule has 2 unspecified atom stereocenters. The van der Waals surface area contributed by atoms with Gasteiger partial charge < -0.3 is 15.0 Å². The lowest BCUT2D eigenvalue weighted by Crippen LogP contribution is -2.34. The zero-order chi connectivity index (χ0) is 19.1. The molecule has 27 heavy (non-hydrogen) atoms. The molecule has 2 N–H and O–H groups in total. The van der Waals surface area contributed by atoms with Crippen LogP contribution in [-0.2, 0) is 7.05 Å². The number of aryl methyl sites for hydroxylation is 1. The molecular weight excluding hydrogens is 366 g/mol. The van der Waals surface area contributed by atoms with Crippen molar-refractivity contribution in [1.29, 1.82) is 0 Å². The molecule has 0 saturated carbocycles. The minimum Gasteiger partial charge on any atom is -0.478 e. The van der Waals surface area contributed by atoms with Crippen LogP contribution in [0.4, 0.5) is 5.69 Å². The van der Waals surface area contributed by atoms with E-state index in [1.54, 1.807) is 41.2 Å². The quantitative estimate of drug-likeness (QED) is 0.718. The van der Waals surface area contributed by atoms with Gasteiger partial charge in [0.25, 0.3) is 0 Å². The molecule has 1 aliphatic rings. The van der Waals surface area contributed by atoms with E-state index in [1.165, 1.54) is 6.07 Å². The largest absolute Gasteiger partial charge is 0.478 e. The molecule has 2 aromatic carbocycles. The molecule has 136 valence electrons. The van der Waals surface area contributed by atoms with Gasteiger partial charge in [-0.25, -0.2) is 9.78 Å². The van der Waals surface area contributed by atoms with Crippen LogP contribution >= 0.6 is 11.6 Å². The highest BCUT2D eigenvalue weighted by molar-refractivity contribution is 6.30. The van der Waals surface area contributed by atoms with Crippen molar-refractivity contribution in [3.8, 4) is 0 Å². The number of carboxylic acids is 1. The van der Waals surface area contributed by atoms with Crippen molar-refractivity contribution in [2.75, 3.05) is 5.32 Å². The number of halogens is 1. The Labute approximate surface area is 160 Å². The fraction of sp³-hybridized carbons (Fsp3) is 0.150. The van der Waals surface area contributed by atoms with Gasteiger partial charge in [-0.05, 0) is 29.8 Å². The van der Waals surface area contributed by atoms with Gasteiger partial charge in [-0.15, -0.1) is 0 Å². The van der Waals surface area contributed by atoms with Gasteiger partial charge in [-0.1, -0.05) is 29.8 Å². The number of anilines is 1. The summed E-state index contributed by atoms with van der Waals surface area (Å²) in [7, 11) is 1.81. The number of ketones is 1. The average molecular weight is 382 g/mol. The monoisotopic (exact) mass is 381 g/mol. The number of imidazole rings is 1. The molecule has 0 amide bonds. The number of hydrogen-bond acceptors (Lipinski definition) is 4. The fourth-order valence-corrected chi connectivity index (χ4v) is 3.69. The molecule has 4 rings (SSSR count). The first-order chi connectivity index (χ1) is 13.0. The van der Waals surface area contributed by atoms with Crippen LogP contribution in [0.25, 0.3) is 0 Å². The molecule has 7 heteroatoms. The molecule has 6 nitrogen and oxygen atoms in total. The molecule has 3 aromatic rings. The van der Waals surface area contributed by atoms with Crippen LogP contribution < -0.4 is 5.32 Å². The van der Waals surface area contributed by atoms with Crippen LogP contribution in [0.1, 0.15) is 44.1 Å². The third-order valence-electron chi connectivity index (χ3n) is 4.83. The number of benzene rings is 2. The van der Waals surface area contributed by atoms with Gasteiger partial charge in [0.15, 0.2) is 5.78 Å². The molecule has 0 aliphatic carbocycles. The molecule has 2 heterocycles. The standard InChI is InChI=1S/C20H16ClN3O3/c1-24-10-9-22-19(24)16-17(11-5-7-12(21)8-6-11)23-14-4-2-3-13(20(26)27)15(14)18(16)25/h2-10,16-17,23H,1H3,(H,26,27). The van der Waals surface area contributed by atoms with Gasteiger partial charge in [-0.2, -0.15) is 0 Å². The Morgan fingerprint density at radius 2 is 1.96 bits per heavy atom. The summed E-state index contributed by atoms with van der Waals surface area (Å²) in [5, 5.41) is 13.5. The highest BCUT2D eigenvalue weighted by atomic mass is 35.5. The zero-order valence-electron chi connectivity index (χ0n) is 14.4. The molecule has 0 spiro atoms. The van der Waals surface area contributed by atoms with E-state index in [9.17, 15) is 14.7 Å². The Balaban J connectivity index is 1.92. The maximum absolute atomic E-state index is 13.5. The number of aromatic nitrogens is 2. The summed E-state index contributed by atoms with van der Waals surface area (Å²) in [4.78, 5) is 29.5. The number of hydrogen-bond donors (Lipinski definition) is 2. The van der Waals surface area contributed by atoms with Crippen molar-refractivity contribution in [2.24, 2.45) is 7.05 Å². The molecule has 0 bridgehead atoms. The topological polar surface area (TPSA) is 84.2 Å². The second-order valence-electron chi connectivity index (χ2n) is 6.45. The van der Waals surface area contributed by atoms with Crippen molar-refractivity contribution in [3.63, 3.8) is 0 Å². The van der Waals surface area contributed by atoms with Gasteiger partial charge in [0.1, 0.15) is 11.7 Å². The predicted molar refractivity (Wildman–Crippen MR) is 101 cm³/mol. The van der Waals surface area contributed by atoms with Crippen LogP contribution in [0, 0.1) is 0 Å². The fourth-order valence-electron chi connectivity index (χ4n) is 3.56. The maximum atomic E-state index is 13.5. The van der Waals surface area contributed by atoms with E-state index in [1.807, 2.05) is 19.2 Å². The van der Waals surface area contributed by atoms with E-state index in [0.29, 0.717) is 16.5 Å². The van der Waals surface area contributed by atoms with Crippen LogP contribution in [0.2, 0.25) is 5.02 Å². The Morgan fingerprint density at radius 3 is 2.59 bits per heavy atom. The maximum Gasteiger partial charge on any atom is 0.336 e. The third-order valence-corrected chi connectivity index (χ3v) is 5.09. The number of nitrogens with zero attached hydrogens (tertiary/aromatic N) is 2. The Bertz CT molecular complexity index is 1040. The summed E-state index contributed by atoms with van der Waals surface area (Å²) in [6.45, 7) is 0. The molecule has 1 aliphatic heterocycles. The summed E-state index contributed by atoms with van der Waals surface area (Å²) in [6.07, 6.45) is 3.39. The van der Waals surface area contributed by atoms with E-state index in [4.69, 9.17) is 11.6 Å². The number of carbonyl (C=O) groups is 2. The number of fused-ring (bicyclic) bond motifs is 1. The number of rotatable bonds is 3. The van der Waals surface area contributed by atoms with Crippen LogP contribution in [0.5, 0.6) is 0 Å². The number of Topliss-reactive ketones (excluding diaryl/α,β-unsaturated/α-hetero) is 1. The van der Waals surface area contributed by atoms with Gasteiger partial charge in [0.05, 0.1) is 17.2 Å². The van der Waals surface area contributed by atoms with Crippen molar-refractivity contribution in [3.05, 3.63) is 82.4 Å². The van der Waals surface area contributed by atoms with Crippen LogP contribution in [-0.4, -0.2) is 26.4 Å². The lowest BCUT2D eigenvalue weighted by Gasteiger charge is -2.34. The number of carbonyl (C=O) groups excluding carboxylic acids is 1. The third kappa shape index (κ3) is 2.88. The lowest BCUT2D eigenvalue weighted by atomic mass is 9.80. The first-order valence-corrected chi connectivity index (χ1v) is 8.75. The SMILES string of the molecule is Cn1ccnc1C1C(=O)c2c(cccc2C(=O)O)NC1c1ccc(Cl)cc1. The van der Waals surface area contributed by atoms with Crippen molar-refractivity contribution < 1.29 is 14.7 Å². The minimum atomic E-state index is -1.13. The molecular formula is C20H16ClN3O3. The van der Waals surface area contributed by atoms with Gasteiger partial charge in [0, 0.05) is 30.2 Å². The smallest absolute Gasteiger partial charge is 0.336 e. The summed E-state index contributed by atoms with van der Waals surface area (Å²) < 4.78 is 1.78. The molecule has 0 radical (unpaired) electrons. The molecule has 1 aromatic heterocycles. The number of carboxylic acid groups (broad SMARTS) is 1. The lowest BCUT2D eigenvalue weighted by molar-refractivity contribution is 0.0690. The van der Waals surface area contributed by atoms with E-state index in [2.05, 4.69) is 10.3 Å². The van der Waals surface area contributed by atoms with E-state index >= 15 is 0 Å². The Morgan fingerprint density at radius 1 is 1.22 bits per heavy atom. The zero-order valence-corrected chi connectivity index (χ0v) is 15.1. The first-order valence-electron chi connectivity index (χ1n) is 8.37. The number of nitrogens with one attached hydrogen (secondary N) is 1. The Kier molecular flexibility index (Phi) is 4.20. The summed E-state index contributed by atoms with van der Waals surface area (Å²) in [5.41, 5.74) is 1.54. The summed E-state index contributed by atoms with van der Waals surface area (Å²) in [6, 6.07) is 11.6. The summed E-state index contributed by atoms with van der Waals surface area (Å²) >= 11 is 6.01.